The van der Waals surface area contributed by atoms with Crippen LogP contribution in [0.15, 0.2) is 60.7 Å². The number of fused-ring (bicyclic) bond motifs is 2. The van der Waals surface area contributed by atoms with E-state index in [0.717, 1.165) is 16.7 Å². The van der Waals surface area contributed by atoms with Gasteiger partial charge in [-0.2, -0.15) is 0 Å². The zero-order valence-electron chi connectivity index (χ0n) is 21.6. The van der Waals surface area contributed by atoms with Crippen molar-refractivity contribution in [2.75, 3.05) is 12.4 Å². The number of piperidine rings is 1. The second-order valence-corrected chi connectivity index (χ2v) is 16.4. The van der Waals surface area contributed by atoms with E-state index in [1.54, 1.807) is 25.3 Å². The highest BCUT2D eigenvalue weighted by molar-refractivity contribution is 6.83. The number of methoxy groups -OCH3 is 1. The van der Waals surface area contributed by atoms with Crippen molar-refractivity contribution in [3.8, 4) is 17.2 Å². The van der Waals surface area contributed by atoms with Gasteiger partial charge in [-0.15, -0.1) is 5.54 Å². The molecule has 1 spiro atoms. The van der Waals surface area contributed by atoms with Gasteiger partial charge in [-0.25, -0.2) is 0 Å². The van der Waals surface area contributed by atoms with Crippen LogP contribution in [0.5, 0.6) is 5.75 Å². The molecule has 0 bridgehead atoms. The minimum Gasteiger partial charge on any atom is -0.496 e. The Balaban J connectivity index is 1.80. The lowest BCUT2D eigenvalue weighted by Crippen LogP contribution is -2.56. The first-order chi connectivity index (χ1) is 18.0. The highest BCUT2D eigenvalue weighted by atomic mass is 35.5. The molecule has 2 aliphatic heterocycles. The number of hydrogen-bond acceptors (Lipinski definition) is 3. The normalized spacial score (nSPS) is 22.3. The smallest absolute Gasteiger partial charge is 0.238 e. The Hall–Kier alpha value is -3.24. The average molecular weight is 564 g/mol. The fraction of sp³-hybridized carbons (Fsp3) is 0.267. The lowest BCUT2D eigenvalue weighted by atomic mass is 9.59. The highest BCUT2D eigenvalue weighted by Gasteiger charge is 2.61. The van der Waals surface area contributed by atoms with E-state index in [0.29, 0.717) is 27.0 Å². The van der Waals surface area contributed by atoms with Crippen LogP contribution in [0.3, 0.4) is 0 Å². The summed E-state index contributed by atoms with van der Waals surface area (Å²) in [6.07, 6.45) is 0.115. The van der Waals surface area contributed by atoms with Gasteiger partial charge in [0, 0.05) is 39.2 Å². The molecule has 1 saturated heterocycles. The Labute approximate surface area is 233 Å². The Morgan fingerprint density at radius 3 is 2.47 bits per heavy atom. The average Bonchev–Trinajstić information content (AvgIpc) is 3.14. The number of amides is 2. The molecule has 1 fully saturated rings. The molecule has 2 amide bonds. The van der Waals surface area contributed by atoms with Gasteiger partial charge in [0.2, 0.25) is 11.8 Å². The number of anilines is 1. The topological polar surface area (TPSA) is 67.4 Å². The van der Waals surface area contributed by atoms with Crippen LogP contribution in [0, 0.1) is 11.5 Å². The Morgan fingerprint density at radius 1 is 1.00 bits per heavy atom. The fourth-order valence-corrected chi connectivity index (χ4v) is 6.46. The van der Waals surface area contributed by atoms with E-state index in [4.69, 9.17) is 27.9 Å². The molecule has 194 valence electrons. The van der Waals surface area contributed by atoms with Gasteiger partial charge in [-0.3, -0.25) is 9.59 Å². The molecule has 0 unspecified atom stereocenters. The molecule has 2 N–H and O–H groups in total. The summed E-state index contributed by atoms with van der Waals surface area (Å²) >= 11 is 12.7. The third-order valence-corrected chi connectivity index (χ3v) is 8.47. The van der Waals surface area contributed by atoms with Crippen LogP contribution in [0.25, 0.3) is 0 Å². The predicted octanol–water partition coefficient (Wildman–Crippen LogP) is 6.47. The summed E-state index contributed by atoms with van der Waals surface area (Å²) in [5, 5.41) is 7.26. The molecule has 3 atom stereocenters. The van der Waals surface area contributed by atoms with Gasteiger partial charge < -0.3 is 15.4 Å². The molecule has 2 heterocycles. The second-order valence-electron chi connectivity index (χ2n) is 10.8. The lowest BCUT2D eigenvalue weighted by Gasteiger charge is -2.46. The number of rotatable bonds is 3. The van der Waals surface area contributed by atoms with Gasteiger partial charge in [0.25, 0.3) is 0 Å². The summed E-state index contributed by atoms with van der Waals surface area (Å²) in [5.74, 6) is 2.99. The highest BCUT2D eigenvalue weighted by Crippen LogP contribution is 2.58. The number of ether oxygens (including phenoxy) is 1. The third-order valence-electron chi connectivity index (χ3n) is 7.12. The van der Waals surface area contributed by atoms with E-state index in [1.165, 1.54) is 0 Å². The standard InChI is InChI=1S/C30H28Cl2N2O3Si/c1-37-26-11-8-18(12-13-38(2,3)4)14-22(26)28-30(23-10-9-21(32)16-25(23)33-29(30)36)24(17-27(35)34-28)19-6-5-7-20(31)15-19/h5-11,14-16,24,28H,17H2,1-4H3,(H,33,36)(H,34,35)/t24-,28+,30-/m0/s1. The first kappa shape index (κ1) is 26.4. The largest absolute Gasteiger partial charge is 0.496 e. The second kappa shape index (κ2) is 9.81. The molecule has 0 saturated carbocycles. The van der Waals surface area contributed by atoms with Gasteiger partial charge in [0.1, 0.15) is 19.2 Å². The Morgan fingerprint density at radius 2 is 1.76 bits per heavy atom. The molecular weight excluding hydrogens is 535 g/mol. The summed E-state index contributed by atoms with van der Waals surface area (Å²) in [4.78, 5) is 27.5. The maximum atomic E-state index is 14.2. The van der Waals surface area contributed by atoms with E-state index >= 15 is 0 Å². The number of carbonyl (C=O) groups excluding carboxylic acids is 2. The third kappa shape index (κ3) is 4.60. The van der Waals surface area contributed by atoms with Gasteiger partial charge in [-0.1, -0.05) is 67.0 Å². The Kier molecular flexibility index (Phi) is 6.81. The number of hydrogen-bond donors (Lipinski definition) is 2. The maximum Gasteiger partial charge on any atom is 0.238 e. The van der Waals surface area contributed by atoms with E-state index in [1.807, 2.05) is 42.5 Å². The van der Waals surface area contributed by atoms with Crippen molar-refractivity contribution >= 4 is 48.8 Å². The number of carbonyl (C=O) groups is 2. The van der Waals surface area contributed by atoms with Crippen molar-refractivity contribution in [3.05, 3.63) is 93.0 Å². The maximum absolute atomic E-state index is 14.2. The molecule has 5 rings (SSSR count). The molecule has 3 aromatic carbocycles. The number of benzene rings is 3. The van der Waals surface area contributed by atoms with Crippen molar-refractivity contribution < 1.29 is 14.3 Å². The lowest BCUT2D eigenvalue weighted by molar-refractivity contribution is -0.131. The minimum atomic E-state index is -1.64. The summed E-state index contributed by atoms with van der Waals surface area (Å²) in [6, 6.07) is 17.7. The SMILES string of the molecule is COc1ccc(C#C[Si](C)(C)C)cc1[C@H]1NC(=O)C[C@@H](c2cccc(Cl)c2)[C@]12C(=O)Nc1cc(Cl)ccc12. The van der Waals surface area contributed by atoms with Crippen molar-refractivity contribution in [1.82, 2.24) is 5.32 Å². The van der Waals surface area contributed by atoms with Crippen molar-refractivity contribution in [2.45, 2.75) is 43.4 Å². The predicted molar refractivity (Wildman–Crippen MR) is 155 cm³/mol. The van der Waals surface area contributed by atoms with E-state index in [2.05, 4.69) is 41.7 Å². The quantitative estimate of drug-likeness (QED) is 0.284. The molecular formula is C30H28Cl2N2O3Si. The van der Waals surface area contributed by atoms with Crippen LogP contribution in [0.1, 0.15) is 40.6 Å². The first-order valence-electron chi connectivity index (χ1n) is 12.4. The van der Waals surface area contributed by atoms with E-state index in [-0.39, 0.29) is 18.2 Å². The molecule has 38 heavy (non-hydrogen) atoms. The minimum absolute atomic E-state index is 0.115. The molecule has 0 radical (unpaired) electrons. The van der Waals surface area contributed by atoms with Crippen molar-refractivity contribution in [1.29, 1.82) is 0 Å². The summed E-state index contributed by atoms with van der Waals surface area (Å²) < 4.78 is 5.77. The molecule has 0 aromatic heterocycles. The molecule has 5 nitrogen and oxygen atoms in total. The van der Waals surface area contributed by atoms with Crippen LogP contribution in [-0.2, 0) is 15.0 Å². The van der Waals surface area contributed by atoms with Gasteiger partial charge in [0.15, 0.2) is 0 Å². The van der Waals surface area contributed by atoms with E-state index in [9.17, 15) is 9.59 Å². The molecule has 3 aromatic rings. The number of halogens is 2. The van der Waals surface area contributed by atoms with Crippen LogP contribution in [0.4, 0.5) is 5.69 Å². The van der Waals surface area contributed by atoms with Crippen LogP contribution in [0.2, 0.25) is 29.7 Å². The van der Waals surface area contributed by atoms with Gasteiger partial charge in [-0.05, 0) is 53.6 Å². The summed E-state index contributed by atoms with van der Waals surface area (Å²) in [5.41, 5.74) is 5.91. The van der Waals surface area contributed by atoms with Crippen molar-refractivity contribution in [3.63, 3.8) is 0 Å². The zero-order chi connectivity index (χ0) is 27.2. The Bertz CT molecular complexity index is 1520. The first-order valence-corrected chi connectivity index (χ1v) is 16.7. The summed E-state index contributed by atoms with van der Waals surface area (Å²) in [6.45, 7) is 6.55. The van der Waals surface area contributed by atoms with Gasteiger partial charge in [0.05, 0.1) is 13.2 Å². The van der Waals surface area contributed by atoms with Crippen LogP contribution >= 0.6 is 23.2 Å². The monoisotopic (exact) mass is 562 g/mol. The van der Waals surface area contributed by atoms with Crippen LogP contribution in [-0.4, -0.2) is 27.0 Å². The molecule has 0 aliphatic carbocycles. The van der Waals surface area contributed by atoms with E-state index < -0.39 is 25.4 Å². The van der Waals surface area contributed by atoms with Gasteiger partial charge >= 0.3 is 0 Å². The molecule has 2 aliphatic rings. The van der Waals surface area contributed by atoms with Crippen molar-refractivity contribution in [2.24, 2.45) is 0 Å². The zero-order valence-corrected chi connectivity index (χ0v) is 24.1. The summed E-state index contributed by atoms with van der Waals surface area (Å²) in [7, 11) is -0.0536. The fourth-order valence-electron chi connectivity index (χ4n) is 5.57. The van der Waals surface area contributed by atoms with Crippen LogP contribution < -0.4 is 15.4 Å². The molecule has 8 heteroatoms. The number of nitrogens with one attached hydrogen (secondary N) is 2.